The molecule has 2 aromatic rings. The maximum absolute atomic E-state index is 12.7. The predicted octanol–water partition coefficient (Wildman–Crippen LogP) is 4.92. The molecule has 2 aromatic carbocycles. The zero-order valence-corrected chi connectivity index (χ0v) is 15.7. The Hall–Kier alpha value is -2.69. The van der Waals surface area contributed by atoms with Gasteiger partial charge in [-0.25, -0.2) is 0 Å². The van der Waals surface area contributed by atoms with E-state index in [1.807, 2.05) is 18.2 Å². The summed E-state index contributed by atoms with van der Waals surface area (Å²) < 4.78 is 16.3. The molecule has 2 rings (SSSR count). The van der Waals surface area contributed by atoms with E-state index < -0.39 is 0 Å². The fraction of sp³-hybridized carbons (Fsp3) is 0.381. The molecule has 1 N–H and O–H groups in total. The van der Waals surface area contributed by atoms with Gasteiger partial charge in [0.05, 0.1) is 26.4 Å². The second kappa shape index (κ2) is 10.3. The molecule has 0 aromatic heterocycles. The molecular formula is C21H27NO4. The van der Waals surface area contributed by atoms with Crippen molar-refractivity contribution >= 4 is 11.6 Å². The summed E-state index contributed by atoms with van der Waals surface area (Å²) in [6.45, 7) is 2.79. The van der Waals surface area contributed by atoms with E-state index in [0.717, 1.165) is 12.8 Å². The number of methoxy groups -OCH3 is 2. The van der Waals surface area contributed by atoms with Gasteiger partial charge in [-0.3, -0.25) is 4.79 Å². The van der Waals surface area contributed by atoms with Gasteiger partial charge < -0.3 is 19.5 Å². The second-order valence-electron chi connectivity index (χ2n) is 5.93. The molecule has 0 radical (unpaired) electrons. The number of rotatable bonds is 10. The molecule has 140 valence electrons. The number of anilines is 1. The first kappa shape index (κ1) is 19.6. The SMILES string of the molecule is CCCCCCOc1ccccc1C(=O)Nc1ccc(OC)c(OC)c1. The number of para-hydroxylation sites is 1. The molecule has 5 nitrogen and oxygen atoms in total. The summed E-state index contributed by atoms with van der Waals surface area (Å²) in [6, 6.07) is 12.5. The Bertz CT molecular complexity index is 715. The molecular weight excluding hydrogens is 330 g/mol. The van der Waals surface area contributed by atoms with E-state index >= 15 is 0 Å². The Kier molecular flexibility index (Phi) is 7.80. The van der Waals surface area contributed by atoms with Crippen LogP contribution in [-0.4, -0.2) is 26.7 Å². The van der Waals surface area contributed by atoms with Gasteiger partial charge in [0, 0.05) is 11.8 Å². The fourth-order valence-corrected chi connectivity index (χ4v) is 2.60. The minimum absolute atomic E-state index is 0.221. The maximum atomic E-state index is 12.7. The van der Waals surface area contributed by atoms with Gasteiger partial charge in [-0.2, -0.15) is 0 Å². The van der Waals surface area contributed by atoms with Crippen molar-refractivity contribution in [3.05, 3.63) is 48.0 Å². The smallest absolute Gasteiger partial charge is 0.259 e. The summed E-state index contributed by atoms with van der Waals surface area (Å²) >= 11 is 0. The third-order valence-corrected chi connectivity index (χ3v) is 4.03. The molecule has 0 saturated carbocycles. The molecule has 0 atom stereocenters. The standard InChI is InChI=1S/C21H27NO4/c1-4-5-6-9-14-26-18-11-8-7-10-17(18)21(23)22-16-12-13-19(24-2)20(15-16)25-3/h7-8,10-13,15H,4-6,9,14H2,1-3H3,(H,22,23). The van der Waals surface area contributed by atoms with E-state index in [9.17, 15) is 4.79 Å². The normalized spacial score (nSPS) is 10.3. The molecule has 1 amide bonds. The van der Waals surface area contributed by atoms with Gasteiger partial charge in [0.15, 0.2) is 11.5 Å². The first-order valence-corrected chi connectivity index (χ1v) is 8.94. The van der Waals surface area contributed by atoms with Crippen LogP contribution in [0.15, 0.2) is 42.5 Å². The molecule has 26 heavy (non-hydrogen) atoms. The van der Waals surface area contributed by atoms with Crippen LogP contribution in [0.1, 0.15) is 43.0 Å². The maximum Gasteiger partial charge on any atom is 0.259 e. The van der Waals surface area contributed by atoms with E-state index in [0.29, 0.717) is 35.1 Å². The van der Waals surface area contributed by atoms with Crippen LogP contribution >= 0.6 is 0 Å². The molecule has 0 spiro atoms. The molecule has 0 bridgehead atoms. The lowest BCUT2D eigenvalue weighted by atomic mass is 10.1. The van der Waals surface area contributed by atoms with Gasteiger partial charge in [0.2, 0.25) is 0 Å². The number of hydrogen-bond donors (Lipinski definition) is 1. The number of benzene rings is 2. The van der Waals surface area contributed by atoms with E-state index in [4.69, 9.17) is 14.2 Å². The van der Waals surface area contributed by atoms with Crippen LogP contribution in [0, 0.1) is 0 Å². The van der Waals surface area contributed by atoms with Crippen molar-refractivity contribution in [2.24, 2.45) is 0 Å². The lowest BCUT2D eigenvalue weighted by molar-refractivity contribution is 0.102. The average Bonchev–Trinajstić information content (AvgIpc) is 2.68. The number of hydrogen-bond acceptors (Lipinski definition) is 4. The van der Waals surface area contributed by atoms with Crippen LogP contribution in [0.3, 0.4) is 0 Å². The van der Waals surface area contributed by atoms with E-state index in [1.165, 1.54) is 12.8 Å². The summed E-state index contributed by atoms with van der Waals surface area (Å²) in [4.78, 5) is 12.7. The van der Waals surface area contributed by atoms with Crippen molar-refractivity contribution in [3.63, 3.8) is 0 Å². The van der Waals surface area contributed by atoms with Crippen molar-refractivity contribution in [2.45, 2.75) is 32.6 Å². The minimum atomic E-state index is -0.221. The van der Waals surface area contributed by atoms with Gasteiger partial charge in [-0.05, 0) is 30.7 Å². The van der Waals surface area contributed by atoms with Crippen molar-refractivity contribution in [3.8, 4) is 17.2 Å². The zero-order chi connectivity index (χ0) is 18.8. The zero-order valence-electron chi connectivity index (χ0n) is 15.7. The van der Waals surface area contributed by atoms with Crippen LogP contribution in [0.2, 0.25) is 0 Å². The fourth-order valence-electron chi connectivity index (χ4n) is 2.60. The van der Waals surface area contributed by atoms with Crippen LogP contribution in [0.4, 0.5) is 5.69 Å². The lowest BCUT2D eigenvalue weighted by Gasteiger charge is -2.13. The van der Waals surface area contributed by atoms with Crippen molar-refractivity contribution < 1.29 is 19.0 Å². The van der Waals surface area contributed by atoms with Gasteiger partial charge in [0.25, 0.3) is 5.91 Å². The third kappa shape index (κ3) is 5.41. The first-order chi connectivity index (χ1) is 12.7. The molecule has 0 fully saturated rings. The topological polar surface area (TPSA) is 56.8 Å². The van der Waals surface area contributed by atoms with Gasteiger partial charge in [-0.1, -0.05) is 38.3 Å². The van der Waals surface area contributed by atoms with Gasteiger partial charge in [0.1, 0.15) is 5.75 Å². The number of ether oxygens (including phenoxy) is 3. The number of carbonyl (C=O) groups is 1. The Morgan fingerprint density at radius 2 is 1.69 bits per heavy atom. The molecule has 0 aliphatic carbocycles. The Morgan fingerprint density at radius 3 is 2.42 bits per heavy atom. The molecule has 0 aliphatic heterocycles. The molecule has 5 heteroatoms. The van der Waals surface area contributed by atoms with Crippen molar-refractivity contribution in [2.75, 3.05) is 26.1 Å². The summed E-state index contributed by atoms with van der Waals surface area (Å²) in [5, 5.41) is 2.88. The number of nitrogens with one attached hydrogen (secondary N) is 1. The number of carbonyl (C=O) groups excluding carboxylic acids is 1. The summed E-state index contributed by atoms with van der Waals surface area (Å²) in [6.07, 6.45) is 4.51. The molecule has 0 heterocycles. The quantitative estimate of drug-likeness (QED) is 0.614. The summed E-state index contributed by atoms with van der Waals surface area (Å²) in [5.74, 6) is 1.55. The minimum Gasteiger partial charge on any atom is -0.493 e. The predicted molar refractivity (Wildman–Crippen MR) is 104 cm³/mol. The van der Waals surface area contributed by atoms with E-state index in [-0.39, 0.29) is 5.91 Å². The van der Waals surface area contributed by atoms with Crippen molar-refractivity contribution in [1.29, 1.82) is 0 Å². The van der Waals surface area contributed by atoms with Gasteiger partial charge in [-0.15, -0.1) is 0 Å². The summed E-state index contributed by atoms with van der Waals surface area (Å²) in [5.41, 5.74) is 1.14. The lowest BCUT2D eigenvalue weighted by Crippen LogP contribution is -2.14. The second-order valence-corrected chi connectivity index (χ2v) is 5.93. The highest BCUT2D eigenvalue weighted by Crippen LogP contribution is 2.30. The first-order valence-electron chi connectivity index (χ1n) is 8.94. The van der Waals surface area contributed by atoms with Crippen LogP contribution < -0.4 is 19.5 Å². The highest BCUT2D eigenvalue weighted by Gasteiger charge is 2.13. The monoisotopic (exact) mass is 357 g/mol. The number of amides is 1. The van der Waals surface area contributed by atoms with Gasteiger partial charge >= 0.3 is 0 Å². The van der Waals surface area contributed by atoms with E-state index in [1.54, 1.807) is 38.5 Å². The number of unbranched alkanes of at least 4 members (excludes halogenated alkanes) is 3. The van der Waals surface area contributed by atoms with Crippen LogP contribution in [0.5, 0.6) is 17.2 Å². The van der Waals surface area contributed by atoms with Crippen molar-refractivity contribution in [1.82, 2.24) is 0 Å². The highest BCUT2D eigenvalue weighted by molar-refractivity contribution is 6.06. The third-order valence-electron chi connectivity index (χ3n) is 4.03. The largest absolute Gasteiger partial charge is 0.493 e. The summed E-state index contributed by atoms with van der Waals surface area (Å²) in [7, 11) is 3.13. The Morgan fingerprint density at radius 1 is 0.923 bits per heavy atom. The van der Waals surface area contributed by atoms with Crippen LogP contribution in [-0.2, 0) is 0 Å². The molecule has 0 unspecified atom stereocenters. The highest BCUT2D eigenvalue weighted by atomic mass is 16.5. The average molecular weight is 357 g/mol. The van der Waals surface area contributed by atoms with E-state index in [2.05, 4.69) is 12.2 Å². The molecule has 0 aliphatic rings. The molecule has 0 saturated heterocycles. The Balaban J connectivity index is 2.05. The Labute approximate surface area is 155 Å². The van der Waals surface area contributed by atoms with Crippen LogP contribution in [0.25, 0.3) is 0 Å².